The van der Waals surface area contributed by atoms with Crippen LogP contribution in [-0.2, 0) is 11.2 Å². The van der Waals surface area contributed by atoms with Crippen molar-refractivity contribution in [2.24, 2.45) is 0 Å². The van der Waals surface area contributed by atoms with Gasteiger partial charge in [-0.3, -0.25) is 10.1 Å². The Morgan fingerprint density at radius 1 is 1.23 bits per heavy atom. The van der Waals surface area contributed by atoms with Crippen LogP contribution in [0.2, 0.25) is 0 Å². The van der Waals surface area contributed by atoms with Gasteiger partial charge in [-0.15, -0.1) is 10.2 Å². The van der Waals surface area contributed by atoms with Gasteiger partial charge in [-0.05, 0) is 30.7 Å². The minimum atomic E-state index is -1.01. The zero-order valence-electron chi connectivity index (χ0n) is 16.1. The number of furan rings is 1. The number of carboxylic acid groups (broad SMARTS) is 1. The summed E-state index contributed by atoms with van der Waals surface area (Å²) in [6.45, 7) is 2.08. The molecule has 0 aliphatic heterocycles. The number of aromatic nitrogens is 2. The van der Waals surface area contributed by atoms with E-state index in [0.717, 1.165) is 24.3 Å². The van der Waals surface area contributed by atoms with Gasteiger partial charge in [0.15, 0.2) is 0 Å². The van der Waals surface area contributed by atoms with Crippen LogP contribution in [0.4, 0.5) is 5.13 Å². The summed E-state index contributed by atoms with van der Waals surface area (Å²) in [5.74, 6) is -0.804. The summed E-state index contributed by atoms with van der Waals surface area (Å²) in [7, 11) is 0. The lowest BCUT2D eigenvalue weighted by Gasteiger charge is -1.99. The molecule has 3 rings (SSSR count). The fourth-order valence-corrected chi connectivity index (χ4v) is 3.33. The molecule has 30 heavy (non-hydrogen) atoms. The number of hydrogen-bond donors (Lipinski definition) is 2. The Hall–Kier alpha value is -3.77. The minimum Gasteiger partial charge on any atom is -0.478 e. The number of rotatable bonds is 8. The number of unbranched alkanes of at least 4 members (excludes halogenated alkanes) is 1. The second kappa shape index (κ2) is 9.62. The van der Waals surface area contributed by atoms with Crippen LogP contribution in [0.25, 0.3) is 17.4 Å². The summed E-state index contributed by atoms with van der Waals surface area (Å²) in [5, 5.41) is 30.0. The smallest absolute Gasteiger partial charge is 0.335 e. The Bertz CT molecular complexity index is 1120. The van der Waals surface area contributed by atoms with Crippen molar-refractivity contribution in [2.75, 3.05) is 5.32 Å². The monoisotopic (exact) mass is 422 g/mol. The van der Waals surface area contributed by atoms with Crippen molar-refractivity contribution >= 4 is 34.4 Å². The molecule has 0 unspecified atom stereocenters. The van der Waals surface area contributed by atoms with Crippen LogP contribution in [0.1, 0.15) is 40.9 Å². The third-order valence-electron chi connectivity index (χ3n) is 4.13. The summed E-state index contributed by atoms with van der Waals surface area (Å²) in [6.07, 6.45) is 4.17. The molecule has 1 aromatic carbocycles. The van der Waals surface area contributed by atoms with Crippen LogP contribution < -0.4 is 5.32 Å². The van der Waals surface area contributed by atoms with Gasteiger partial charge in [0.2, 0.25) is 5.13 Å². The standard InChI is InChI=1S/C21H18N4O4S/c1-2-3-4-18-24-25-21(30-18)23-19(26)15(12-22)11-16-9-10-17(29-16)13-5-7-14(8-6-13)20(27)28/h5-11H,2-4H2,1H3,(H,27,28)(H,23,25,26)/b15-11-. The Morgan fingerprint density at radius 2 is 2.00 bits per heavy atom. The van der Waals surface area contributed by atoms with Crippen LogP contribution in [0.5, 0.6) is 0 Å². The lowest BCUT2D eigenvalue weighted by Crippen LogP contribution is -2.13. The molecule has 0 atom stereocenters. The highest BCUT2D eigenvalue weighted by Crippen LogP contribution is 2.24. The van der Waals surface area contributed by atoms with Crippen molar-refractivity contribution in [3.8, 4) is 17.4 Å². The van der Waals surface area contributed by atoms with Crippen LogP contribution in [0, 0.1) is 11.3 Å². The Kier molecular flexibility index (Phi) is 6.72. The first-order chi connectivity index (χ1) is 14.5. The lowest BCUT2D eigenvalue weighted by molar-refractivity contribution is -0.112. The maximum absolute atomic E-state index is 12.4. The highest BCUT2D eigenvalue weighted by atomic mass is 32.1. The number of carbonyl (C=O) groups is 2. The molecule has 0 fully saturated rings. The van der Waals surface area contributed by atoms with Crippen molar-refractivity contribution in [1.82, 2.24) is 10.2 Å². The van der Waals surface area contributed by atoms with E-state index in [9.17, 15) is 14.9 Å². The van der Waals surface area contributed by atoms with E-state index in [2.05, 4.69) is 22.4 Å². The van der Waals surface area contributed by atoms with Gasteiger partial charge in [-0.2, -0.15) is 5.26 Å². The molecule has 0 aliphatic carbocycles. The van der Waals surface area contributed by atoms with Crippen molar-refractivity contribution < 1.29 is 19.1 Å². The largest absolute Gasteiger partial charge is 0.478 e. The molecule has 152 valence electrons. The molecule has 0 saturated heterocycles. The number of nitrogens with one attached hydrogen (secondary N) is 1. The van der Waals surface area contributed by atoms with Crippen molar-refractivity contribution in [3.63, 3.8) is 0 Å². The number of nitrogens with zero attached hydrogens (tertiary/aromatic N) is 3. The van der Waals surface area contributed by atoms with Gasteiger partial charge in [-0.25, -0.2) is 4.79 Å². The van der Waals surface area contributed by atoms with E-state index in [0.29, 0.717) is 22.2 Å². The lowest BCUT2D eigenvalue weighted by atomic mass is 10.1. The fourth-order valence-electron chi connectivity index (χ4n) is 2.55. The highest BCUT2D eigenvalue weighted by molar-refractivity contribution is 7.15. The maximum Gasteiger partial charge on any atom is 0.335 e. The molecule has 3 aromatic rings. The van der Waals surface area contributed by atoms with Crippen LogP contribution in [0.15, 0.2) is 46.4 Å². The molecule has 2 N–H and O–H groups in total. The molecule has 0 aliphatic rings. The molecule has 9 heteroatoms. The number of amides is 1. The molecule has 2 aromatic heterocycles. The van der Waals surface area contributed by atoms with E-state index >= 15 is 0 Å². The molecular weight excluding hydrogens is 404 g/mol. The Balaban J connectivity index is 1.71. The molecular formula is C21H18N4O4S. The van der Waals surface area contributed by atoms with Gasteiger partial charge in [0.1, 0.15) is 28.2 Å². The number of hydrogen-bond acceptors (Lipinski definition) is 7. The quantitative estimate of drug-likeness (QED) is 0.407. The molecule has 1 amide bonds. The summed E-state index contributed by atoms with van der Waals surface area (Å²) in [4.78, 5) is 23.3. The maximum atomic E-state index is 12.4. The minimum absolute atomic E-state index is 0.137. The third-order valence-corrected chi connectivity index (χ3v) is 5.02. The van der Waals surface area contributed by atoms with Crippen LogP contribution in [-0.4, -0.2) is 27.2 Å². The Labute approximate surface area is 176 Å². The van der Waals surface area contributed by atoms with E-state index in [1.165, 1.54) is 29.5 Å². The average Bonchev–Trinajstić information content (AvgIpc) is 3.40. The first-order valence-electron chi connectivity index (χ1n) is 9.19. The second-order valence-corrected chi connectivity index (χ2v) is 7.38. The summed E-state index contributed by atoms with van der Waals surface area (Å²) < 4.78 is 5.67. The second-order valence-electron chi connectivity index (χ2n) is 6.31. The number of anilines is 1. The van der Waals surface area contributed by atoms with Gasteiger partial charge >= 0.3 is 5.97 Å². The van der Waals surface area contributed by atoms with Crippen LogP contribution >= 0.6 is 11.3 Å². The first kappa shape index (κ1) is 21.0. The number of benzene rings is 1. The van der Waals surface area contributed by atoms with Crippen molar-refractivity contribution in [2.45, 2.75) is 26.2 Å². The van der Waals surface area contributed by atoms with Crippen molar-refractivity contribution in [3.05, 3.63) is 58.3 Å². The molecule has 8 nitrogen and oxygen atoms in total. The van der Waals surface area contributed by atoms with Gasteiger partial charge in [0.25, 0.3) is 5.91 Å². The fraction of sp³-hybridized carbons (Fsp3) is 0.190. The van der Waals surface area contributed by atoms with Gasteiger partial charge in [0.05, 0.1) is 5.56 Å². The Morgan fingerprint density at radius 3 is 2.67 bits per heavy atom. The third kappa shape index (κ3) is 5.18. The predicted octanol–water partition coefficient (Wildman–Crippen LogP) is 4.38. The number of nitriles is 1. The van der Waals surface area contributed by atoms with Gasteiger partial charge in [-0.1, -0.05) is 36.8 Å². The number of aromatic carboxylic acids is 1. The molecule has 0 radical (unpaired) electrons. The highest BCUT2D eigenvalue weighted by Gasteiger charge is 2.14. The zero-order chi connectivity index (χ0) is 21.5. The van der Waals surface area contributed by atoms with E-state index in [1.807, 2.05) is 6.07 Å². The van der Waals surface area contributed by atoms with Crippen LogP contribution in [0.3, 0.4) is 0 Å². The van der Waals surface area contributed by atoms with Gasteiger partial charge < -0.3 is 9.52 Å². The van der Waals surface area contributed by atoms with Gasteiger partial charge in [0, 0.05) is 18.1 Å². The van der Waals surface area contributed by atoms with E-state index < -0.39 is 11.9 Å². The molecule has 0 bridgehead atoms. The predicted molar refractivity (Wildman–Crippen MR) is 112 cm³/mol. The van der Waals surface area contributed by atoms with E-state index in [4.69, 9.17) is 9.52 Å². The summed E-state index contributed by atoms with van der Waals surface area (Å²) >= 11 is 1.28. The summed E-state index contributed by atoms with van der Waals surface area (Å²) in [6, 6.07) is 11.4. The molecule has 0 spiro atoms. The summed E-state index contributed by atoms with van der Waals surface area (Å²) in [5.41, 5.74) is 0.710. The number of carbonyl (C=O) groups excluding carboxylic acids is 1. The van der Waals surface area contributed by atoms with E-state index in [1.54, 1.807) is 24.3 Å². The molecule has 2 heterocycles. The van der Waals surface area contributed by atoms with E-state index in [-0.39, 0.29) is 11.1 Å². The SMILES string of the molecule is CCCCc1nnc(NC(=O)/C(C#N)=C\c2ccc(-c3ccc(C(=O)O)cc3)o2)s1. The topological polar surface area (TPSA) is 129 Å². The first-order valence-corrected chi connectivity index (χ1v) is 10.0. The zero-order valence-corrected chi connectivity index (χ0v) is 16.9. The average molecular weight is 422 g/mol. The number of carboxylic acids is 1. The molecule has 0 saturated carbocycles. The normalized spacial score (nSPS) is 11.1. The number of aryl methyl sites for hydroxylation is 1. The van der Waals surface area contributed by atoms with Crippen molar-refractivity contribution in [1.29, 1.82) is 5.26 Å².